The van der Waals surface area contributed by atoms with Crippen molar-refractivity contribution in [3.8, 4) is 16.3 Å². The molecule has 0 unspecified atom stereocenters. The van der Waals surface area contributed by atoms with Gasteiger partial charge in [-0.05, 0) is 31.2 Å². The van der Waals surface area contributed by atoms with E-state index in [0.29, 0.717) is 18.0 Å². The van der Waals surface area contributed by atoms with E-state index in [1.54, 1.807) is 19.5 Å². The molecular formula is C21H22N4O2S. The van der Waals surface area contributed by atoms with Crippen molar-refractivity contribution < 1.29 is 9.53 Å². The second kappa shape index (κ2) is 7.98. The van der Waals surface area contributed by atoms with Gasteiger partial charge < -0.3 is 14.5 Å². The summed E-state index contributed by atoms with van der Waals surface area (Å²) in [5.74, 6) is 0.923. The van der Waals surface area contributed by atoms with Gasteiger partial charge in [-0.2, -0.15) is 0 Å². The molecule has 7 heteroatoms. The molecular weight excluding hydrogens is 372 g/mol. The number of para-hydroxylation sites is 2. The number of piperazine rings is 1. The van der Waals surface area contributed by atoms with Crippen molar-refractivity contribution in [1.82, 2.24) is 14.9 Å². The molecule has 28 heavy (non-hydrogen) atoms. The molecule has 6 nitrogen and oxygen atoms in total. The molecule has 0 saturated carbocycles. The molecule has 1 saturated heterocycles. The van der Waals surface area contributed by atoms with Gasteiger partial charge >= 0.3 is 0 Å². The standard InChI is InChI=1S/C21H22N4O2S/c1-15-19(28-20(23-15)16-6-5-9-22-14-16)21(26)25-12-10-24(11-13-25)17-7-3-4-8-18(17)27-2/h3-9,14H,10-13H2,1-2H3. The molecule has 1 fully saturated rings. The fourth-order valence-corrected chi connectivity index (χ4v) is 4.42. The van der Waals surface area contributed by atoms with E-state index >= 15 is 0 Å². The SMILES string of the molecule is COc1ccccc1N1CCN(C(=O)c2sc(-c3cccnc3)nc2C)CC1. The molecule has 1 aromatic carbocycles. The second-order valence-corrected chi connectivity index (χ2v) is 7.63. The first kappa shape index (κ1) is 18.4. The number of amides is 1. The Morgan fingerprint density at radius 2 is 1.89 bits per heavy atom. The summed E-state index contributed by atoms with van der Waals surface area (Å²) in [7, 11) is 1.69. The third kappa shape index (κ3) is 3.57. The highest BCUT2D eigenvalue weighted by Crippen LogP contribution is 2.30. The number of methoxy groups -OCH3 is 1. The lowest BCUT2D eigenvalue weighted by atomic mass is 10.2. The highest BCUT2D eigenvalue weighted by Gasteiger charge is 2.26. The zero-order valence-corrected chi connectivity index (χ0v) is 16.8. The Kier molecular flexibility index (Phi) is 5.25. The topological polar surface area (TPSA) is 58.6 Å². The van der Waals surface area contributed by atoms with Crippen LogP contribution in [0.5, 0.6) is 5.75 Å². The van der Waals surface area contributed by atoms with Crippen LogP contribution in [-0.2, 0) is 0 Å². The fraction of sp³-hybridized carbons (Fsp3) is 0.286. The summed E-state index contributed by atoms with van der Waals surface area (Å²) in [4.78, 5) is 26.7. The average molecular weight is 395 g/mol. The van der Waals surface area contributed by atoms with Crippen molar-refractivity contribution in [2.75, 3.05) is 38.2 Å². The molecule has 3 heterocycles. The van der Waals surface area contributed by atoms with Gasteiger partial charge in [-0.3, -0.25) is 9.78 Å². The molecule has 0 bridgehead atoms. The number of nitrogens with zero attached hydrogens (tertiary/aromatic N) is 4. The minimum Gasteiger partial charge on any atom is -0.495 e. The van der Waals surface area contributed by atoms with E-state index in [0.717, 1.165) is 40.8 Å². The Labute approximate surface area is 168 Å². The summed E-state index contributed by atoms with van der Waals surface area (Å²) >= 11 is 1.44. The molecule has 0 atom stereocenters. The summed E-state index contributed by atoms with van der Waals surface area (Å²) in [6.45, 7) is 4.81. The van der Waals surface area contributed by atoms with Crippen molar-refractivity contribution in [3.63, 3.8) is 0 Å². The van der Waals surface area contributed by atoms with E-state index < -0.39 is 0 Å². The summed E-state index contributed by atoms with van der Waals surface area (Å²) < 4.78 is 5.47. The zero-order chi connectivity index (χ0) is 19.5. The van der Waals surface area contributed by atoms with Crippen LogP contribution < -0.4 is 9.64 Å². The smallest absolute Gasteiger partial charge is 0.265 e. The molecule has 2 aromatic heterocycles. The number of aromatic nitrogens is 2. The van der Waals surface area contributed by atoms with Crippen LogP contribution in [-0.4, -0.2) is 54.1 Å². The van der Waals surface area contributed by atoms with E-state index in [2.05, 4.69) is 20.9 Å². The molecule has 0 aliphatic carbocycles. The minimum atomic E-state index is 0.0600. The predicted octanol–water partition coefficient (Wildman–Crippen LogP) is 3.48. The number of pyridine rings is 1. The number of anilines is 1. The molecule has 4 rings (SSSR count). The number of benzene rings is 1. The quantitative estimate of drug-likeness (QED) is 0.678. The van der Waals surface area contributed by atoms with Crippen molar-refractivity contribution in [1.29, 1.82) is 0 Å². The molecule has 1 aliphatic heterocycles. The first-order valence-electron chi connectivity index (χ1n) is 9.22. The summed E-state index contributed by atoms with van der Waals surface area (Å²) in [5.41, 5.74) is 2.79. The molecule has 1 amide bonds. The largest absolute Gasteiger partial charge is 0.495 e. The van der Waals surface area contributed by atoms with E-state index in [4.69, 9.17) is 4.74 Å². The van der Waals surface area contributed by atoms with Crippen molar-refractivity contribution >= 4 is 22.9 Å². The monoisotopic (exact) mass is 394 g/mol. The Balaban J connectivity index is 1.47. The maximum atomic E-state index is 13.1. The van der Waals surface area contributed by atoms with Gasteiger partial charge in [0.2, 0.25) is 0 Å². The van der Waals surface area contributed by atoms with E-state index in [1.807, 2.05) is 42.2 Å². The van der Waals surface area contributed by atoms with Gasteiger partial charge in [-0.15, -0.1) is 11.3 Å². The Morgan fingerprint density at radius 1 is 1.11 bits per heavy atom. The number of thiazole rings is 1. The van der Waals surface area contributed by atoms with Crippen LogP contribution in [0.1, 0.15) is 15.4 Å². The van der Waals surface area contributed by atoms with E-state index in [9.17, 15) is 4.79 Å². The number of aryl methyl sites for hydroxylation is 1. The van der Waals surface area contributed by atoms with Gasteiger partial charge in [-0.1, -0.05) is 12.1 Å². The average Bonchev–Trinajstić information content (AvgIpc) is 3.15. The predicted molar refractivity (Wildman–Crippen MR) is 111 cm³/mol. The lowest BCUT2D eigenvalue weighted by Gasteiger charge is -2.36. The maximum Gasteiger partial charge on any atom is 0.265 e. The molecule has 0 spiro atoms. The van der Waals surface area contributed by atoms with Gasteiger partial charge in [0.15, 0.2) is 0 Å². The number of carbonyl (C=O) groups excluding carboxylic acids is 1. The summed E-state index contributed by atoms with van der Waals surface area (Å²) in [5, 5.41) is 0.835. The highest BCUT2D eigenvalue weighted by molar-refractivity contribution is 7.17. The Bertz CT molecular complexity index is 966. The van der Waals surface area contributed by atoms with Crippen molar-refractivity contribution in [3.05, 3.63) is 59.4 Å². The number of hydrogen-bond donors (Lipinski definition) is 0. The number of hydrogen-bond acceptors (Lipinski definition) is 6. The van der Waals surface area contributed by atoms with Crippen LogP contribution in [0.2, 0.25) is 0 Å². The fourth-order valence-electron chi connectivity index (χ4n) is 3.39. The van der Waals surface area contributed by atoms with Crippen LogP contribution in [0.15, 0.2) is 48.8 Å². The van der Waals surface area contributed by atoms with Gasteiger partial charge in [0.25, 0.3) is 5.91 Å². The van der Waals surface area contributed by atoms with Crippen LogP contribution in [0, 0.1) is 6.92 Å². The molecule has 1 aliphatic rings. The van der Waals surface area contributed by atoms with Crippen LogP contribution in [0.4, 0.5) is 5.69 Å². The lowest BCUT2D eigenvalue weighted by molar-refractivity contribution is 0.0750. The van der Waals surface area contributed by atoms with Crippen LogP contribution in [0.3, 0.4) is 0 Å². The highest BCUT2D eigenvalue weighted by atomic mass is 32.1. The molecule has 0 radical (unpaired) electrons. The normalized spacial score (nSPS) is 14.2. The van der Waals surface area contributed by atoms with Crippen molar-refractivity contribution in [2.24, 2.45) is 0 Å². The van der Waals surface area contributed by atoms with E-state index in [1.165, 1.54) is 11.3 Å². The first-order chi connectivity index (χ1) is 13.7. The zero-order valence-electron chi connectivity index (χ0n) is 16.0. The number of carbonyl (C=O) groups is 1. The Morgan fingerprint density at radius 3 is 2.61 bits per heavy atom. The third-order valence-corrected chi connectivity index (χ3v) is 6.09. The maximum absolute atomic E-state index is 13.1. The number of ether oxygens (including phenoxy) is 1. The third-order valence-electron chi connectivity index (χ3n) is 4.89. The van der Waals surface area contributed by atoms with Crippen molar-refractivity contribution in [2.45, 2.75) is 6.92 Å². The molecule has 144 valence electrons. The Hall–Kier alpha value is -2.93. The summed E-state index contributed by atoms with van der Waals surface area (Å²) in [6, 6.07) is 11.8. The molecule has 0 N–H and O–H groups in total. The van der Waals surface area contributed by atoms with Gasteiger partial charge in [0.05, 0.1) is 18.5 Å². The summed E-state index contributed by atoms with van der Waals surface area (Å²) in [6.07, 6.45) is 3.51. The van der Waals surface area contributed by atoms with Crippen LogP contribution in [0.25, 0.3) is 10.6 Å². The van der Waals surface area contributed by atoms with Crippen LogP contribution >= 0.6 is 11.3 Å². The first-order valence-corrected chi connectivity index (χ1v) is 10.0. The lowest BCUT2D eigenvalue weighted by Crippen LogP contribution is -2.48. The number of rotatable bonds is 4. The molecule has 3 aromatic rings. The minimum absolute atomic E-state index is 0.0600. The second-order valence-electron chi connectivity index (χ2n) is 6.63. The van der Waals surface area contributed by atoms with E-state index in [-0.39, 0.29) is 5.91 Å². The van der Waals surface area contributed by atoms with Gasteiger partial charge in [0, 0.05) is 44.1 Å². The van der Waals surface area contributed by atoms with Gasteiger partial charge in [0.1, 0.15) is 15.6 Å². The van der Waals surface area contributed by atoms with Gasteiger partial charge in [-0.25, -0.2) is 4.98 Å².